The molecule has 2 aromatic heterocycles. The van der Waals surface area contributed by atoms with E-state index in [0.717, 1.165) is 12.8 Å². The molecule has 1 unspecified atom stereocenters. The minimum atomic E-state index is -0.631. The van der Waals surface area contributed by atoms with Crippen LogP contribution in [-0.4, -0.2) is 62.7 Å². The van der Waals surface area contributed by atoms with E-state index in [9.17, 15) is 9.59 Å². The van der Waals surface area contributed by atoms with Crippen LogP contribution in [0, 0.1) is 12.7 Å². The highest BCUT2D eigenvalue weighted by atomic mass is 35.5. The average Bonchev–Trinajstić information content (AvgIpc) is 3.31. The number of hydrogen-bond donors (Lipinski definition) is 1. The standard InChI is InChI=1S/C27H33ClFN5O4/c1-12-17-18-23(31-20(12)14-7-8-16(35)30-14)33-11-27(6)10-9-15(34(27)25(36)38-26(3,4)5)21(33)13(2)37-24(18)32-22(28)19(17)29/h13-15,21H,7-11H2,1-6H3,(H,30,35)/t13-,14?,15-,21+,27+/m0/s1. The summed E-state index contributed by atoms with van der Waals surface area (Å²) in [7, 11) is 0. The largest absolute Gasteiger partial charge is 0.472 e. The van der Waals surface area contributed by atoms with Gasteiger partial charge in [0.15, 0.2) is 11.0 Å². The van der Waals surface area contributed by atoms with E-state index in [1.807, 2.05) is 32.6 Å². The van der Waals surface area contributed by atoms with Crippen LogP contribution in [0.25, 0.3) is 10.8 Å². The molecular weight excluding hydrogens is 513 g/mol. The van der Waals surface area contributed by atoms with Gasteiger partial charge in [-0.15, -0.1) is 0 Å². The molecule has 0 spiro atoms. The number of rotatable bonds is 1. The molecule has 5 atom stereocenters. The van der Waals surface area contributed by atoms with E-state index in [1.165, 1.54) is 0 Å². The van der Waals surface area contributed by atoms with Gasteiger partial charge in [0, 0.05) is 18.4 Å². The number of fused-ring (bicyclic) bond motifs is 5. The molecule has 11 heteroatoms. The topological polar surface area (TPSA) is 96.9 Å². The lowest BCUT2D eigenvalue weighted by Crippen LogP contribution is -2.69. The zero-order valence-electron chi connectivity index (χ0n) is 22.5. The van der Waals surface area contributed by atoms with Crippen LogP contribution in [0.4, 0.5) is 15.0 Å². The van der Waals surface area contributed by atoms with Gasteiger partial charge in [-0.1, -0.05) is 11.6 Å². The first-order valence-electron chi connectivity index (χ1n) is 13.2. The van der Waals surface area contributed by atoms with Crippen LogP contribution < -0.4 is 15.0 Å². The van der Waals surface area contributed by atoms with Gasteiger partial charge in [0.25, 0.3) is 0 Å². The summed E-state index contributed by atoms with van der Waals surface area (Å²) in [5.41, 5.74) is 0.0725. The number of aromatic nitrogens is 2. The van der Waals surface area contributed by atoms with Gasteiger partial charge in [-0.05, 0) is 66.4 Å². The van der Waals surface area contributed by atoms with Gasteiger partial charge in [0.1, 0.15) is 17.5 Å². The highest BCUT2D eigenvalue weighted by Gasteiger charge is 2.59. The van der Waals surface area contributed by atoms with Crippen LogP contribution in [0.5, 0.6) is 5.88 Å². The summed E-state index contributed by atoms with van der Waals surface area (Å²) >= 11 is 6.28. The molecule has 3 saturated heterocycles. The van der Waals surface area contributed by atoms with E-state index >= 15 is 4.39 Å². The number of amides is 2. The molecule has 0 aliphatic carbocycles. The Kier molecular flexibility index (Phi) is 5.55. The predicted octanol–water partition coefficient (Wildman–Crippen LogP) is 4.81. The van der Waals surface area contributed by atoms with E-state index in [-0.39, 0.29) is 41.2 Å². The molecule has 6 rings (SSSR count). The number of halogens is 2. The molecule has 204 valence electrons. The fourth-order valence-electron chi connectivity index (χ4n) is 6.87. The number of piperazine rings is 1. The molecule has 4 aliphatic heterocycles. The summed E-state index contributed by atoms with van der Waals surface area (Å²) < 4.78 is 27.9. The van der Waals surface area contributed by atoms with Gasteiger partial charge >= 0.3 is 6.09 Å². The number of nitrogens with one attached hydrogen (secondary N) is 1. The second-order valence-corrected chi connectivity index (χ2v) is 12.6. The van der Waals surface area contributed by atoms with Crippen LogP contribution in [0.2, 0.25) is 5.15 Å². The minimum Gasteiger partial charge on any atom is -0.472 e. The second-order valence-electron chi connectivity index (χ2n) is 12.3. The summed E-state index contributed by atoms with van der Waals surface area (Å²) in [4.78, 5) is 39.0. The van der Waals surface area contributed by atoms with E-state index in [0.29, 0.717) is 47.2 Å². The molecule has 6 heterocycles. The Morgan fingerprint density at radius 1 is 1.26 bits per heavy atom. The molecule has 38 heavy (non-hydrogen) atoms. The molecule has 0 aromatic carbocycles. The normalized spacial score (nSPS) is 30.2. The Morgan fingerprint density at radius 3 is 2.66 bits per heavy atom. The molecule has 1 N–H and O–H groups in total. The van der Waals surface area contributed by atoms with Gasteiger partial charge < -0.3 is 19.7 Å². The van der Waals surface area contributed by atoms with Gasteiger partial charge in [-0.25, -0.2) is 14.2 Å². The van der Waals surface area contributed by atoms with Crippen molar-refractivity contribution >= 4 is 40.2 Å². The summed E-state index contributed by atoms with van der Waals surface area (Å²) in [5, 5.41) is 3.49. The first kappa shape index (κ1) is 25.4. The maximum absolute atomic E-state index is 15.7. The smallest absolute Gasteiger partial charge is 0.411 e. The summed E-state index contributed by atoms with van der Waals surface area (Å²) in [6.45, 7) is 11.8. The van der Waals surface area contributed by atoms with Crippen molar-refractivity contribution in [3.63, 3.8) is 0 Å². The fourth-order valence-corrected chi connectivity index (χ4v) is 7.04. The molecule has 2 bridgehead atoms. The SMILES string of the molecule is Cc1c(C2CCC(=O)N2)nc2c3c(nc(Cl)c(F)c13)O[C@@H](C)[C@@H]1[C@@H]3CC[C@](C)(CN21)N3C(=O)OC(C)(C)C. The highest BCUT2D eigenvalue weighted by Crippen LogP contribution is 2.50. The fraction of sp³-hybridized carbons (Fsp3) is 0.630. The number of pyridine rings is 2. The maximum Gasteiger partial charge on any atom is 0.411 e. The number of ether oxygens (including phenoxy) is 2. The third-order valence-electron chi connectivity index (χ3n) is 8.40. The van der Waals surface area contributed by atoms with E-state index < -0.39 is 23.1 Å². The lowest BCUT2D eigenvalue weighted by Gasteiger charge is -2.52. The average molecular weight is 546 g/mol. The van der Waals surface area contributed by atoms with E-state index in [1.54, 1.807) is 6.92 Å². The maximum atomic E-state index is 15.7. The monoisotopic (exact) mass is 545 g/mol. The van der Waals surface area contributed by atoms with Crippen LogP contribution in [0.15, 0.2) is 0 Å². The lowest BCUT2D eigenvalue weighted by molar-refractivity contribution is -0.119. The zero-order valence-corrected chi connectivity index (χ0v) is 23.3. The van der Waals surface area contributed by atoms with Crippen molar-refractivity contribution < 1.29 is 23.5 Å². The zero-order chi connectivity index (χ0) is 27.3. The molecule has 2 amide bonds. The van der Waals surface area contributed by atoms with Crippen LogP contribution >= 0.6 is 11.6 Å². The van der Waals surface area contributed by atoms with Crippen LogP contribution in [0.3, 0.4) is 0 Å². The number of carbonyl (C=O) groups excluding carboxylic acids is 2. The number of carbonyl (C=O) groups is 2. The summed E-state index contributed by atoms with van der Waals surface area (Å²) in [5.74, 6) is 0.0951. The highest BCUT2D eigenvalue weighted by molar-refractivity contribution is 6.30. The Morgan fingerprint density at radius 2 is 2.00 bits per heavy atom. The lowest BCUT2D eigenvalue weighted by atomic mass is 9.93. The first-order valence-corrected chi connectivity index (χ1v) is 13.6. The van der Waals surface area contributed by atoms with Crippen molar-refractivity contribution in [2.75, 3.05) is 11.4 Å². The van der Waals surface area contributed by atoms with Gasteiger partial charge in [0.2, 0.25) is 11.8 Å². The first-order chi connectivity index (χ1) is 17.8. The number of nitrogens with zero attached hydrogens (tertiary/aromatic N) is 4. The van der Waals surface area contributed by atoms with Crippen LogP contribution in [0.1, 0.15) is 77.6 Å². The van der Waals surface area contributed by atoms with Gasteiger partial charge in [-0.2, -0.15) is 4.98 Å². The minimum absolute atomic E-state index is 0.0533. The molecule has 9 nitrogen and oxygen atoms in total. The number of anilines is 1. The molecule has 2 aromatic rings. The Balaban J connectivity index is 1.54. The van der Waals surface area contributed by atoms with Gasteiger partial charge in [-0.3, -0.25) is 9.69 Å². The van der Waals surface area contributed by atoms with Gasteiger partial charge in [0.05, 0.1) is 34.7 Å². The Bertz CT molecular complexity index is 1380. The molecule has 0 saturated carbocycles. The second kappa shape index (κ2) is 8.31. The van der Waals surface area contributed by atoms with Crippen molar-refractivity contribution in [2.24, 2.45) is 0 Å². The van der Waals surface area contributed by atoms with Crippen molar-refractivity contribution in [3.8, 4) is 5.88 Å². The molecule has 0 radical (unpaired) electrons. The van der Waals surface area contributed by atoms with Crippen LogP contribution in [-0.2, 0) is 9.53 Å². The molecule has 3 fully saturated rings. The molecular formula is C27H33ClFN5O4. The van der Waals surface area contributed by atoms with Crippen molar-refractivity contribution in [1.82, 2.24) is 20.2 Å². The summed E-state index contributed by atoms with van der Waals surface area (Å²) in [6, 6.07) is -0.812. The van der Waals surface area contributed by atoms with E-state index in [2.05, 4.69) is 22.1 Å². The van der Waals surface area contributed by atoms with Crippen molar-refractivity contribution in [1.29, 1.82) is 0 Å². The van der Waals surface area contributed by atoms with E-state index in [4.69, 9.17) is 26.1 Å². The predicted molar refractivity (Wildman–Crippen MR) is 140 cm³/mol. The Hall–Kier alpha value is -2.88. The Labute approximate surface area is 226 Å². The third kappa shape index (κ3) is 3.70. The number of hydrogen-bond acceptors (Lipinski definition) is 7. The van der Waals surface area contributed by atoms with Crippen molar-refractivity contribution in [3.05, 3.63) is 22.2 Å². The number of aryl methyl sites for hydroxylation is 1. The molecule has 4 aliphatic rings. The summed E-state index contributed by atoms with van der Waals surface area (Å²) in [6.07, 6.45) is 1.77. The van der Waals surface area contributed by atoms with Crippen molar-refractivity contribution in [2.45, 2.75) is 103 Å². The third-order valence-corrected chi connectivity index (χ3v) is 8.65. The quantitative estimate of drug-likeness (QED) is 0.514.